The summed E-state index contributed by atoms with van der Waals surface area (Å²) in [6, 6.07) is 3.31. The third-order valence-electron chi connectivity index (χ3n) is 3.46. The fraction of sp³-hybridized carbons (Fsp3) is 0.400. The molecule has 0 aliphatic rings. The van der Waals surface area contributed by atoms with Crippen molar-refractivity contribution in [2.75, 3.05) is 20.7 Å². The molecule has 0 aliphatic heterocycles. The predicted octanol–water partition coefficient (Wildman–Crippen LogP) is 2.50. The van der Waals surface area contributed by atoms with E-state index >= 15 is 0 Å². The van der Waals surface area contributed by atoms with Crippen LogP contribution >= 0.6 is 0 Å². The Morgan fingerprint density at radius 3 is 2.75 bits per heavy atom. The van der Waals surface area contributed by atoms with Gasteiger partial charge in [-0.1, -0.05) is 6.92 Å². The van der Waals surface area contributed by atoms with E-state index in [1.807, 2.05) is 23.6 Å². The molecule has 0 saturated carbocycles. The van der Waals surface area contributed by atoms with E-state index in [2.05, 4.69) is 0 Å². The molecule has 0 aliphatic carbocycles. The van der Waals surface area contributed by atoms with Crippen LogP contribution in [0.5, 0.6) is 5.75 Å². The number of carbonyl (C=O) groups is 1. The number of hydrogen-bond donors (Lipinski definition) is 0. The Labute approximate surface area is 117 Å². The van der Waals surface area contributed by atoms with E-state index in [4.69, 9.17) is 4.74 Å². The molecule has 0 N–H and O–H groups in total. The lowest BCUT2D eigenvalue weighted by Gasteiger charge is -2.16. The minimum atomic E-state index is -0.377. The number of pyridine rings is 1. The van der Waals surface area contributed by atoms with Gasteiger partial charge in [0, 0.05) is 32.4 Å². The smallest absolute Gasteiger partial charge is 0.222 e. The van der Waals surface area contributed by atoms with Crippen LogP contribution in [0.25, 0.3) is 5.52 Å². The third-order valence-corrected chi connectivity index (χ3v) is 3.46. The van der Waals surface area contributed by atoms with Crippen LogP contribution in [-0.2, 0) is 11.2 Å². The van der Waals surface area contributed by atoms with Gasteiger partial charge in [0.1, 0.15) is 0 Å². The van der Waals surface area contributed by atoms with E-state index in [9.17, 15) is 9.18 Å². The number of likely N-dealkylation sites (N-methyl/N-ethyl adjacent to an activating group) is 1. The van der Waals surface area contributed by atoms with Gasteiger partial charge >= 0.3 is 0 Å². The van der Waals surface area contributed by atoms with Crippen molar-refractivity contribution in [3.05, 3.63) is 35.9 Å². The van der Waals surface area contributed by atoms with Crippen LogP contribution in [0.3, 0.4) is 0 Å². The summed E-state index contributed by atoms with van der Waals surface area (Å²) in [5.41, 5.74) is 1.70. The Hall–Kier alpha value is -2.04. The van der Waals surface area contributed by atoms with Crippen molar-refractivity contribution in [1.82, 2.24) is 9.30 Å². The average Bonchev–Trinajstić information content (AvgIpc) is 2.87. The van der Waals surface area contributed by atoms with E-state index in [1.54, 1.807) is 18.1 Å². The van der Waals surface area contributed by atoms with E-state index < -0.39 is 0 Å². The van der Waals surface area contributed by atoms with Gasteiger partial charge < -0.3 is 14.0 Å². The first-order valence-corrected chi connectivity index (χ1v) is 6.64. The molecule has 5 heteroatoms. The van der Waals surface area contributed by atoms with Gasteiger partial charge in [0.2, 0.25) is 5.91 Å². The van der Waals surface area contributed by atoms with Gasteiger partial charge in [-0.2, -0.15) is 0 Å². The van der Waals surface area contributed by atoms with Gasteiger partial charge in [0.25, 0.3) is 0 Å². The first kappa shape index (κ1) is 14.4. The van der Waals surface area contributed by atoms with Crippen LogP contribution in [0.2, 0.25) is 0 Å². The lowest BCUT2D eigenvalue weighted by Crippen LogP contribution is -2.27. The zero-order chi connectivity index (χ0) is 14.7. The molecule has 0 atom stereocenters. The van der Waals surface area contributed by atoms with Crippen molar-refractivity contribution in [3.8, 4) is 5.75 Å². The maximum Gasteiger partial charge on any atom is 0.222 e. The topological polar surface area (TPSA) is 34.0 Å². The summed E-state index contributed by atoms with van der Waals surface area (Å²) >= 11 is 0. The lowest BCUT2D eigenvalue weighted by atomic mass is 10.1. The van der Waals surface area contributed by atoms with Crippen molar-refractivity contribution in [3.63, 3.8) is 0 Å². The number of nitrogens with zero attached hydrogens (tertiary/aromatic N) is 2. The van der Waals surface area contributed by atoms with Crippen LogP contribution in [0, 0.1) is 5.82 Å². The number of aromatic nitrogens is 1. The molecule has 0 unspecified atom stereocenters. The molecule has 4 nitrogen and oxygen atoms in total. The molecule has 0 saturated heterocycles. The number of rotatable bonds is 5. The maximum atomic E-state index is 13.8. The summed E-state index contributed by atoms with van der Waals surface area (Å²) in [4.78, 5) is 13.2. The quantitative estimate of drug-likeness (QED) is 0.842. The highest BCUT2D eigenvalue weighted by Crippen LogP contribution is 2.27. The Kier molecular flexibility index (Phi) is 4.27. The van der Waals surface area contributed by atoms with Gasteiger partial charge in [0.05, 0.1) is 12.6 Å². The number of methoxy groups -OCH3 is 1. The highest BCUT2D eigenvalue weighted by Gasteiger charge is 2.14. The predicted molar refractivity (Wildman–Crippen MR) is 75.5 cm³/mol. The molecule has 2 rings (SSSR count). The Morgan fingerprint density at radius 1 is 1.40 bits per heavy atom. The Morgan fingerprint density at radius 2 is 2.10 bits per heavy atom. The van der Waals surface area contributed by atoms with Crippen molar-refractivity contribution in [2.45, 2.75) is 19.8 Å². The average molecular weight is 278 g/mol. The summed E-state index contributed by atoms with van der Waals surface area (Å²) in [5.74, 6) is -0.0263. The first-order valence-electron chi connectivity index (χ1n) is 6.64. The number of halogens is 1. The second-order valence-corrected chi connectivity index (χ2v) is 4.71. The van der Waals surface area contributed by atoms with Gasteiger partial charge in [-0.25, -0.2) is 4.39 Å². The maximum absolute atomic E-state index is 13.8. The largest absolute Gasteiger partial charge is 0.492 e. The van der Waals surface area contributed by atoms with Crippen molar-refractivity contribution in [1.29, 1.82) is 0 Å². The van der Waals surface area contributed by atoms with Crippen LogP contribution in [-0.4, -0.2) is 35.9 Å². The van der Waals surface area contributed by atoms with E-state index in [0.717, 1.165) is 11.1 Å². The van der Waals surface area contributed by atoms with E-state index in [-0.39, 0.29) is 17.5 Å². The first-order chi connectivity index (χ1) is 9.58. The van der Waals surface area contributed by atoms with Crippen molar-refractivity contribution >= 4 is 11.4 Å². The summed E-state index contributed by atoms with van der Waals surface area (Å²) in [7, 11) is 3.24. The fourth-order valence-corrected chi connectivity index (χ4v) is 2.29. The fourth-order valence-electron chi connectivity index (χ4n) is 2.29. The molecule has 108 valence electrons. The molecular formula is C15H19FN2O2. The monoisotopic (exact) mass is 278 g/mol. The highest BCUT2D eigenvalue weighted by atomic mass is 19.1. The minimum absolute atomic E-state index is 0.103. The van der Waals surface area contributed by atoms with Gasteiger partial charge in [-0.05, 0) is 24.1 Å². The summed E-state index contributed by atoms with van der Waals surface area (Å²) in [6.07, 6.45) is 4.69. The summed E-state index contributed by atoms with van der Waals surface area (Å²) < 4.78 is 20.7. The second-order valence-electron chi connectivity index (χ2n) is 4.71. The molecule has 0 bridgehead atoms. The summed E-state index contributed by atoms with van der Waals surface area (Å²) in [6.45, 7) is 2.44. The molecule has 0 radical (unpaired) electrons. The number of amides is 1. The van der Waals surface area contributed by atoms with Crippen LogP contribution in [0.1, 0.15) is 18.9 Å². The normalized spacial score (nSPS) is 10.8. The van der Waals surface area contributed by atoms with Crippen molar-refractivity contribution in [2.24, 2.45) is 0 Å². The molecule has 0 spiro atoms. The SMILES string of the molecule is CCC(=O)N(C)CCc1ccn2ccc(F)c(OC)c12. The molecule has 20 heavy (non-hydrogen) atoms. The molecule has 1 amide bonds. The van der Waals surface area contributed by atoms with Gasteiger partial charge in [0.15, 0.2) is 11.6 Å². The van der Waals surface area contributed by atoms with Crippen LogP contribution in [0.15, 0.2) is 24.5 Å². The molecule has 2 aromatic rings. The van der Waals surface area contributed by atoms with Crippen molar-refractivity contribution < 1.29 is 13.9 Å². The molecule has 2 heterocycles. The standard InChI is InChI=1S/C15H19FN2O2/c1-4-13(19)17(2)8-5-11-6-9-18-10-7-12(16)15(20-3)14(11)18/h6-7,9-10H,4-5,8H2,1-3H3. The molecule has 0 fully saturated rings. The number of ether oxygens (including phenoxy) is 1. The zero-order valence-corrected chi connectivity index (χ0v) is 12.0. The van der Waals surface area contributed by atoms with Crippen LogP contribution in [0.4, 0.5) is 4.39 Å². The Balaban J connectivity index is 2.27. The molecule has 2 aromatic heterocycles. The van der Waals surface area contributed by atoms with E-state index in [0.29, 0.717) is 19.4 Å². The zero-order valence-electron chi connectivity index (χ0n) is 12.0. The van der Waals surface area contributed by atoms with Gasteiger partial charge in [-0.15, -0.1) is 0 Å². The molecule has 0 aromatic carbocycles. The molecular weight excluding hydrogens is 259 g/mol. The van der Waals surface area contributed by atoms with Gasteiger partial charge in [-0.3, -0.25) is 4.79 Å². The minimum Gasteiger partial charge on any atom is -0.492 e. The number of hydrogen-bond acceptors (Lipinski definition) is 2. The number of carbonyl (C=O) groups excluding carboxylic acids is 1. The third kappa shape index (κ3) is 2.61. The Bertz CT molecular complexity index is 622. The lowest BCUT2D eigenvalue weighted by molar-refractivity contribution is -0.129. The second kappa shape index (κ2) is 5.94. The van der Waals surface area contributed by atoms with Crippen LogP contribution < -0.4 is 4.74 Å². The number of fused-ring (bicyclic) bond motifs is 1. The van der Waals surface area contributed by atoms with E-state index in [1.165, 1.54) is 13.2 Å². The highest BCUT2D eigenvalue weighted by molar-refractivity contribution is 5.75. The summed E-state index contributed by atoms with van der Waals surface area (Å²) in [5, 5.41) is 0.